The van der Waals surface area contributed by atoms with Crippen LogP contribution in [0.2, 0.25) is 0 Å². The molecular weight excluding hydrogens is 340 g/mol. The fourth-order valence-electron chi connectivity index (χ4n) is 3.08. The highest BCUT2D eigenvalue weighted by atomic mass is 16.5. The van der Waals surface area contributed by atoms with E-state index in [1.807, 2.05) is 43.3 Å². The van der Waals surface area contributed by atoms with Gasteiger partial charge in [-0.05, 0) is 50.4 Å². The van der Waals surface area contributed by atoms with Crippen molar-refractivity contribution in [2.24, 2.45) is 0 Å². The largest absolute Gasteiger partial charge is 0.492 e. The molecule has 2 aromatic rings. The quantitative estimate of drug-likeness (QED) is 0.787. The summed E-state index contributed by atoms with van der Waals surface area (Å²) in [6.07, 6.45) is 0. The van der Waals surface area contributed by atoms with Crippen molar-refractivity contribution in [3.8, 4) is 5.75 Å². The van der Waals surface area contributed by atoms with E-state index in [9.17, 15) is 4.79 Å². The van der Waals surface area contributed by atoms with E-state index in [1.165, 1.54) is 5.69 Å². The summed E-state index contributed by atoms with van der Waals surface area (Å²) in [7, 11) is 2.15. The van der Waals surface area contributed by atoms with Gasteiger partial charge in [-0.3, -0.25) is 4.79 Å². The first-order valence-electron chi connectivity index (χ1n) is 9.45. The molecule has 0 unspecified atom stereocenters. The van der Waals surface area contributed by atoms with E-state index in [4.69, 9.17) is 4.74 Å². The topological polar surface area (TPSA) is 56.8 Å². The molecule has 27 heavy (non-hydrogen) atoms. The van der Waals surface area contributed by atoms with Crippen LogP contribution >= 0.6 is 0 Å². The lowest BCUT2D eigenvalue weighted by Gasteiger charge is -2.34. The highest BCUT2D eigenvalue weighted by Gasteiger charge is 2.14. The van der Waals surface area contributed by atoms with Crippen LogP contribution in [0.5, 0.6) is 5.75 Å². The third-order valence-electron chi connectivity index (χ3n) is 4.65. The molecule has 2 aromatic carbocycles. The summed E-state index contributed by atoms with van der Waals surface area (Å²) in [5.74, 6) is 0.579. The molecule has 0 bridgehead atoms. The average Bonchev–Trinajstić information content (AvgIpc) is 2.69. The van der Waals surface area contributed by atoms with Gasteiger partial charge in [-0.25, -0.2) is 0 Å². The Morgan fingerprint density at radius 2 is 1.74 bits per heavy atom. The Morgan fingerprint density at radius 1 is 1.04 bits per heavy atom. The monoisotopic (exact) mass is 368 g/mol. The molecule has 2 N–H and O–H groups in total. The number of hydrogen-bond acceptors (Lipinski definition) is 5. The van der Waals surface area contributed by atoms with Gasteiger partial charge in [-0.2, -0.15) is 0 Å². The van der Waals surface area contributed by atoms with Gasteiger partial charge in [0.05, 0.1) is 18.8 Å². The van der Waals surface area contributed by atoms with Crippen LogP contribution in [0.25, 0.3) is 0 Å². The van der Waals surface area contributed by atoms with E-state index in [2.05, 4.69) is 39.6 Å². The van der Waals surface area contributed by atoms with Crippen molar-refractivity contribution in [3.05, 3.63) is 48.5 Å². The molecule has 0 aliphatic carbocycles. The standard InChI is InChI=1S/C21H28N4O2/c1-3-27-20-7-5-4-6-19(20)23-21(26)16-22-17-8-10-18(11-9-17)25-14-12-24(2)13-15-25/h4-11,22H,3,12-16H2,1-2H3,(H,23,26). The van der Waals surface area contributed by atoms with E-state index >= 15 is 0 Å². The molecule has 1 fully saturated rings. The number of nitrogens with one attached hydrogen (secondary N) is 2. The molecule has 1 aliphatic heterocycles. The van der Waals surface area contributed by atoms with Crippen molar-refractivity contribution in [1.29, 1.82) is 0 Å². The van der Waals surface area contributed by atoms with Crippen LogP contribution in [0.3, 0.4) is 0 Å². The first kappa shape index (κ1) is 19.0. The Morgan fingerprint density at radius 3 is 2.44 bits per heavy atom. The van der Waals surface area contributed by atoms with Gasteiger partial charge < -0.3 is 25.2 Å². The van der Waals surface area contributed by atoms with Crippen LogP contribution < -0.4 is 20.3 Å². The molecule has 1 aliphatic rings. The predicted molar refractivity (Wildman–Crippen MR) is 111 cm³/mol. The lowest BCUT2D eigenvalue weighted by Crippen LogP contribution is -2.44. The van der Waals surface area contributed by atoms with Crippen molar-refractivity contribution in [2.45, 2.75) is 6.92 Å². The van der Waals surface area contributed by atoms with Crippen LogP contribution in [-0.2, 0) is 4.79 Å². The molecule has 0 spiro atoms. The maximum atomic E-state index is 12.2. The summed E-state index contributed by atoms with van der Waals surface area (Å²) in [5, 5.41) is 6.07. The summed E-state index contributed by atoms with van der Waals surface area (Å²) in [4.78, 5) is 17.0. The number of anilines is 3. The highest BCUT2D eigenvalue weighted by molar-refractivity contribution is 5.95. The van der Waals surface area contributed by atoms with E-state index in [1.54, 1.807) is 0 Å². The third-order valence-corrected chi connectivity index (χ3v) is 4.65. The van der Waals surface area contributed by atoms with Crippen molar-refractivity contribution in [1.82, 2.24) is 4.90 Å². The molecule has 3 rings (SSSR count). The maximum absolute atomic E-state index is 12.2. The minimum atomic E-state index is -0.106. The van der Waals surface area contributed by atoms with E-state index in [-0.39, 0.29) is 12.5 Å². The summed E-state index contributed by atoms with van der Waals surface area (Å²) in [6.45, 7) is 6.95. The smallest absolute Gasteiger partial charge is 0.243 e. The Bertz CT molecular complexity index is 740. The van der Waals surface area contributed by atoms with E-state index in [0.717, 1.165) is 31.9 Å². The Balaban J connectivity index is 1.50. The number of para-hydroxylation sites is 2. The zero-order valence-electron chi connectivity index (χ0n) is 16.1. The van der Waals surface area contributed by atoms with Gasteiger partial charge in [0, 0.05) is 37.6 Å². The molecule has 1 heterocycles. The maximum Gasteiger partial charge on any atom is 0.243 e. The minimum Gasteiger partial charge on any atom is -0.492 e. The molecule has 1 amide bonds. The lowest BCUT2D eigenvalue weighted by atomic mass is 10.2. The molecule has 0 saturated carbocycles. The number of hydrogen-bond donors (Lipinski definition) is 2. The van der Waals surface area contributed by atoms with Crippen molar-refractivity contribution in [3.63, 3.8) is 0 Å². The number of amides is 1. The van der Waals surface area contributed by atoms with Crippen molar-refractivity contribution >= 4 is 23.0 Å². The first-order valence-corrected chi connectivity index (χ1v) is 9.45. The number of rotatable bonds is 7. The molecule has 0 atom stereocenters. The fraction of sp³-hybridized carbons (Fsp3) is 0.381. The number of nitrogens with zero attached hydrogens (tertiary/aromatic N) is 2. The Hall–Kier alpha value is -2.73. The van der Waals surface area contributed by atoms with Gasteiger partial charge in [-0.1, -0.05) is 12.1 Å². The summed E-state index contributed by atoms with van der Waals surface area (Å²) in [5.41, 5.74) is 2.85. The zero-order valence-corrected chi connectivity index (χ0v) is 16.1. The summed E-state index contributed by atoms with van der Waals surface area (Å²) >= 11 is 0. The second-order valence-electron chi connectivity index (χ2n) is 6.67. The van der Waals surface area contributed by atoms with Gasteiger partial charge in [0.2, 0.25) is 5.91 Å². The predicted octanol–water partition coefficient (Wildman–Crippen LogP) is 2.89. The summed E-state index contributed by atoms with van der Waals surface area (Å²) < 4.78 is 5.54. The van der Waals surface area contributed by atoms with Crippen LogP contribution in [0.1, 0.15) is 6.92 Å². The molecule has 1 saturated heterocycles. The first-order chi connectivity index (χ1) is 13.2. The van der Waals surface area contributed by atoms with Crippen LogP contribution in [0, 0.1) is 0 Å². The second kappa shape index (κ2) is 9.28. The van der Waals surface area contributed by atoms with Gasteiger partial charge in [-0.15, -0.1) is 0 Å². The Labute approximate surface area is 161 Å². The number of piperazine rings is 1. The molecule has 0 radical (unpaired) electrons. The SMILES string of the molecule is CCOc1ccccc1NC(=O)CNc1ccc(N2CCN(C)CC2)cc1. The normalized spacial score (nSPS) is 14.7. The molecule has 6 nitrogen and oxygen atoms in total. The highest BCUT2D eigenvalue weighted by Crippen LogP contribution is 2.23. The van der Waals surface area contributed by atoms with Crippen molar-refractivity contribution < 1.29 is 9.53 Å². The van der Waals surface area contributed by atoms with Crippen molar-refractivity contribution in [2.75, 3.05) is 61.9 Å². The molecule has 6 heteroatoms. The molecular formula is C21H28N4O2. The van der Waals surface area contributed by atoms with Crippen LogP contribution in [0.15, 0.2) is 48.5 Å². The van der Waals surface area contributed by atoms with Gasteiger partial charge in [0.25, 0.3) is 0 Å². The van der Waals surface area contributed by atoms with E-state index in [0.29, 0.717) is 18.0 Å². The third kappa shape index (κ3) is 5.37. The number of ether oxygens (including phenoxy) is 1. The fourth-order valence-corrected chi connectivity index (χ4v) is 3.08. The van der Waals surface area contributed by atoms with Gasteiger partial charge in [0.15, 0.2) is 0 Å². The zero-order chi connectivity index (χ0) is 19.1. The molecule has 144 valence electrons. The number of likely N-dealkylation sites (N-methyl/N-ethyl adjacent to an activating group) is 1. The molecule has 0 aromatic heterocycles. The van der Waals surface area contributed by atoms with Crippen LogP contribution in [0.4, 0.5) is 17.1 Å². The van der Waals surface area contributed by atoms with Gasteiger partial charge >= 0.3 is 0 Å². The van der Waals surface area contributed by atoms with E-state index < -0.39 is 0 Å². The Kier molecular flexibility index (Phi) is 6.54. The summed E-state index contributed by atoms with van der Waals surface area (Å²) in [6, 6.07) is 15.7. The second-order valence-corrected chi connectivity index (χ2v) is 6.67. The number of benzene rings is 2. The van der Waals surface area contributed by atoms with Gasteiger partial charge in [0.1, 0.15) is 5.75 Å². The average molecular weight is 368 g/mol. The lowest BCUT2D eigenvalue weighted by molar-refractivity contribution is -0.114. The minimum absolute atomic E-state index is 0.106. The number of carbonyl (C=O) groups excluding carboxylic acids is 1. The number of carbonyl (C=O) groups is 1. The van der Waals surface area contributed by atoms with Crippen LogP contribution in [-0.4, -0.2) is 57.2 Å².